The molecule has 1 aromatic rings. The Hall–Kier alpha value is -2.44. The van der Waals surface area contributed by atoms with E-state index >= 15 is 0 Å². The summed E-state index contributed by atoms with van der Waals surface area (Å²) in [6.45, 7) is 6.58. The fraction of sp³-hybridized carbons (Fsp3) is 0.550. The van der Waals surface area contributed by atoms with Crippen molar-refractivity contribution in [2.24, 2.45) is 16.7 Å². The Labute approximate surface area is 158 Å². The fourth-order valence-electron chi connectivity index (χ4n) is 5.01. The molecule has 1 heterocycles. The summed E-state index contributed by atoms with van der Waals surface area (Å²) in [5.74, 6) is -5.10. The molecule has 4 atom stereocenters. The van der Waals surface area contributed by atoms with Crippen molar-refractivity contribution in [1.82, 2.24) is 4.90 Å². The Morgan fingerprint density at radius 3 is 2.07 bits per heavy atom. The largest absolute Gasteiger partial charge is 0.481 e. The van der Waals surface area contributed by atoms with E-state index in [-0.39, 0.29) is 12.3 Å². The van der Waals surface area contributed by atoms with Crippen LogP contribution in [0.5, 0.6) is 0 Å². The normalized spacial score (nSPS) is 31.2. The van der Waals surface area contributed by atoms with E-state index in [2.05, 4.69) is 0 Å². The highest BCUT2D eigenvalue weighted by Gasteiger charge is 2.69. The second kappa shape index (κ2) is 6.94. The van der Waals surface area contributed by atoms with Gasteiger partial charge in [0.1, 0.15) is 5.82 Å². The van der Waals surface area contributed by atoms with Crippen molar-refractivity contribution in [3.63, 3.8) is 0 Å². The SMILES string of the molecule is CCC1(C(=O)O)C(C(C)C)N(C)C(=O)C(C)(C(=O)O)C1c1ccc(F)cc1. The Morgan fingerprint density at radius 1 is 1.19 bits per heavy atom. The minimum atomic E-state index is -1.99. The molecule has 148 valence electrons. The topological polar surface area (TPSA) is 94.9 Å². The molecule has 0 aliphatic carbocycles. The lowest BCUT2D eigenvalue weighted by Gasteiger charge is -2.57. The zero-order valence-corrected chi connectivity index (χ0v) is 16.2. The van der Waals surface area contributed by atoms with Crippen LogP contribution < -0.4 is 0 Å². The summed E-state index contributed by atoms with van der Waals surface area (Å²) in [6, 6.07) is 4.37. The third-order valence-corrected chi connectivity index (χ3v) is 6.06. The number of amides is 1. The highest BCUT2D eigenvalue weighted by molar-refractivity contribution is 6.05. The quantitative estimate of drug-likeness (QED) is 0.767. The van der Waals surface area contributed by atoms with E-state index < -0.39 is 46.5 Å². The van der Waals surface area contributed by atoms with Gasteiger partial charge in [-0.3, -0.25) is 14.4 Å². The number of likely N-dealkylation sites (tertiary alicyclic amines) is 1. The van der Waals surface area contributed by atoms with Gasteiger partial charge in [-0.05, 0) is 37.0 Å². The summed E-state index contributed by atoms with van der Waals surface area (Å²) < 4.78 is 13.5. The van der Waals surface area contributed by atoms with E-state index in [1.165, 1.54) is 31.0 Å². The van der Waals surface area contributed by atoms with Crippen LogP contribution in [-0.2, 0) is 14.4 Å². The van der Waals surface area contributed by atoms with E-state index in [0.29, 0.717) is 5.56 Å². The van der Waals surface area contributed by atoms with Crippen LogP contribution in [0, 0.1) is 22.6 Å². The molecule has 0 bridgehead atoms. The number of hydrogen-bond donors (Lipinski definition) is 2. The molecule has 0 saturated carbocycles. The maximum Gasteiger partial charge on any atom is 0.319 e. The molecule has 4 unspecified atom stereocenters. The van der Waals surface area contributed by atoms with Crippen LogP contribution in [0.2, 0.25) is 0 Å². The fourth-order valence-corrected chi connectivity index (χ4v) is 5.01. The summed E-state index contributed by atoms with van der Waals surface area (Å²) in [7, 11) is 1.46. The summed E-state index contributed by atoms with van der Waals surface area (Å²) in [5, 5.41) is 20.3. The van der Waals surface area contributed by atoms with Crippen molar-refractivity contribution < 1.29 is 29.0 Å². The first-order chi connectivity index (χ1) is 12.5. The first-order valence-electron chi connectivity index (χ1n) is 8.95. The zero-order valence-electron chi connectivity index (χ0n) is 16.2. The lowest BCUT2D eigenvalue weighted by molar-refractivity contribution is -0.188. The average molecular weight is 379 g/mol. The van der Waals surface area contributed by atoms with Crippen LogP contribution in [0.1, 0.15) is 45.6 Å². The molecule has 2 N–H and O–H groups in total. The standard InChI is InChI=1S/C20H26FNO5/c1-6-20(18(26)27)14(12-7-9-13(21)10-8-12)19(4,17(24)25)16(23)22(5)15(20)11(2)3/h7-11,14-15H,6H2,1-5H3,(H,24,25)(H,26,27). The number of hydrogen-bond acceptors (Lipinski definition) is 3. The van der Waals surface area contributed by atoms with Crippen LogP contribution in [0.4, 0.5) is 4.39 Å². The Balaban J connectivity index is 2.93. The molecule has 1 aromatic carbocycles. The number of carbonyl (C=O) groups excluding carboxylic acids is 1. The lowest BCUT2D eigenvalue weighted by atomic mass is 9.51. The van der Waals surface area contributed by atoms with Gasteiger partial charge in [0, 0.05) is 13.0 Å². The van der Waals surface area contributed by atoms with Gasteiger partial charge >= 0.3 is 11.9 Å². The Kier molecular flexibility index (Phi) is 5.37. The van der Waals surface area contributed by atoms with Gasteiger partial charge in [-0.2, -0.15) is 0 Å². The molecule has 7 heteroatoms. The molecular weight excluding hydrogens is 353 g/mol. The summed E-state index contributed by atoms with van der Waals surface area (Å²) in [4.78, 5) is 39.3. The zero-order chi connectivity index (χ0) is 20.7. The second-order valence-electron chi connectivity index (χ2n) is 7.80. The number of carbonyl (C=O) groups is 3. The van der Waals surface area contributed by atoms with Gasteiger partial charge < -0.3 is 15.1 Å². The minimum absolute atomic E-state index is 0.119. The lowest BCUT2D eigenvalue weighted by Crippen LogP contribution is -2.69. The molecule has 1 aliphatic rings. The molecule has 1 amide bonds. The number of halogens is 1. The molecule has 0 spiro atoms. The number of benzene rings is 1. The first-order valence-corrected chi connectivity index (χ1v) is 8.95. The molecule has 0 radical (unpaired) electrons. The van der Waals surface area contributed by atoms with Crippen molar-refractivity contribution in [2.45, 2.75) is 46.1 Å². The van der Waals surface area contributed by atoms with Crippen LogP contribution in [0.25, 0.3) is 0 Å². The number of rotatable bonds is 5. The average Bonchev–Trinajstić information content (AvgIpc) is 2.59. The molecule has 0 aromatic heterocycles. The first kappa shape index (κ1) is 20.9. The minimum Gasteiger partial charge on any atom is -0.481 e. The Morgan fingerprint density at radius 2 is 1.70 bits per heavy atom. The molecule has 1 saturated heterocycles. The van der Waals surface area contributed by atoms with Gasteiger partial charge in [-0.15, -0.1) is 0 Å². The predicted octanol–water partition coefficient (Wildman–Crippen LogP) is 2.98. The smallest absolute Gasteiger partial charge is 0.319 e. The van der Waals surface area contributed by atoms with Crippen molar-refractivity contribution in [3.05, 3.63) is 35.6 Å². The third kappa shape index (κ3) is 2.80. The highest BCUT2D eigenvalue weighted by Crippen LogP contribution is 2.58. The van der Waals surface area contributed by atoms with Crippen LogP contribution in [-0.4, -0.2) is 46.0 Å². The van der Waals surface area contributed by atoms with Gasteiger partial charge in [0.15, 0.2) is 5.41 Å². The van der Waals surface area contributed by atoms with E-state index in [4.69, 9.17) is 0 Å². The van der Waals surface area contributed by atoms with Gasteiger partial charge in [0.25, 0.3) is 0 Å². The number of aliphatic carboxylic acids is 2. The maximum atomic E-state index is 13.5. The van der Waals surface area contributed by atoms with Gasteiger partial charge in [-0.1, -0.05) is 32.9 Å². The van der Waals surface area contributed by atoms with Crippen molar-refractivity contribution >= 4 is 17.8 Å². The Bertz CT molecular complexity index is 762. The molecule has 1 fully saturated rings. The van der Waals surface area contributed by atoms with Crippen LogP contribution in [0.15, 0.2) is 24.3 Å². The van der Waals surface area contributed by atoms with Crippen LogP contribution >= 0.6 is 0 Å². The van der Waals surface area contributed by atoms with E-state index in [1.54, 1.807) is 6.92 Å². The highest BCUT2D eigenvalue weighted by atomic mass is 19.1. The van der Waals surface area contributed by atoms with Crippen molar-refractivity contribution in [2.75, 3.05) is 7.05 Å². The maximum absolute atomic E-state index is 13.5. The van der Waals surface area contributed by atoms with Gasteiger partial charge in [-0.25, -0.2) is 4.39 Å². The van der Waals surface area contributed by atoms with Crippen LogP contribution in [0.3, 0.4) is 0 Å². The van der Waals surface area contributed by atoms with E-state index in [0.717, 1.165) is 12.1 Å². The predicted molar refractivity (Wildman–Crippen MR) is 96.6 cm³/mol. The van der Waals surface area contributed by atoms with Gasteiger partial charge in [0.05, 0.1) is 11.5 Å². The molecule has 6 nitrogen and oxygen atoms in total. The summed E-state index contributed by atoms with van der Waals surface area (Å²) in [5.41, 5.74) is -3.20. The molecule has 2 rings (SSSR count). The van der Waals surface area contributed by atoms with E-state index in [9.17, 15) is 29.0 Å². The number of carboxylic acids is 2. The number of nitrogens with zero attached hydrogens (tertiary/aromatic N) is 1. The molecular formula is C20H26FNO5. The second-order valence-corrected chi connectivity index (χ2v) is 7.80. The number of piperidine rings is 1. The van der Waals surface area contributed by atoms with Crippen molar-refractivity contribution in [1.29, 1.82) is 0 Å². The summed E-state index contributed by atoms with van der Waals surface area (Å²) >= 11 is 0. The molecule has 27 heavy (non-hydrogen) atoms. The molecule has 1 aliphatic heterocycles. The summed E-state index contributed by atoms with van der Waals surface area (Å²) in [6.07, 6.45) is 0.119. The third-order valence-electron chi connectivity index (χ3n) is 6.06. The van der Waals surface area contributed by atoms with E-state index in [1.807, 2.05) is 13.8 Å². The van der Waals surface area contributed by atoms with Gasteiger partial charge in [0.2, 0.25) is 5.91 Å². The number of carboxylic acid groups (broad SMARTS) is 2. The van der Waals surface area contributed by atoms with Crippen molar-refractivity contribution in [3.8, 4) is 0 Å². The monoisotopic (exact) mass is 379 g/mol.